The Bertz CT molecular complexity index is 574. The Labute approximate surface area is 120 Å². The van der Waals surface area contributed by atoms with Crippen molar-refractivity contribution in [2.24, 2.45) is 0 Å². The molecule has 2 aromatic rings. The van der Waals surface area contributed by atoms with Crippen LogP contribution >= 0.6 is 15.9 Å². The molecule has 0 bridgehead atoms. The third-order valence-electron chi connectivity index (χ3n) is 3.03. The molecule has 1 unspecified atom stereocenters. The van der Waals surface area contributed by atoms with Gasteiger partial charge in [-0.1, -0.05) is 30.3 Å². The fraction of sp³-hybridized carbons (Fsp3) is 0.200. The van der Waals surface area contributed by atoms with Gasteiger partial charge in [0.05, 0.1) is 17.6 Å². The zero-order chi connectivity index (χ0) is 13.8. The Morgan fingerprint density at radius 2 is 1.79 bits per heavy atom. The predicted octanol–water partition coefficient (Wildman–Crippen LogP) is 3.91. The van der Waals surface area contributed by atoms with Crippen molar-refractivity contribution in [3.63, 3.8) is 0 Å². The van der Waals surface area contributed by atoms with Crippen LogP contribution in [0.4, 0.5) is 4.39 Å². The highest BCUT2D eigenvalue weighted by atomic mass is 79.9. The van der Waals surface area contributed by atoms with E-state index in [0.29, 0.717) is 4.47 Å². The second-order valence-corrected chi connectivity index (χ2v) is 4.90. The molecule has 1 N–H and O–H groups in total. The normalized spacial score (nSPS) is 12.2. The largest absolute Gasteiger partial charge is 0.496 e. The zero-order valence-corrected chi connectivity index (χ0v) is 12.4. The molecule has 0 aliphatic carbocycles. The summed E-state index contributed by atoms with van der Waals surface area (Å²) in [6.07, 6.45) is 0. The fourth-order valence-corrected chi connectivity index (χ4v) is 2.62. The van der Waals surface area contributed by atoms with E-state index in [4.69, 9.17) is 4.74 Å². The number of ether oxygens (including phenoxy) is 1. The highest BCUT2D eigenvalue weighted by Gasteiger charge is 2.19. The van der Waals surface area contributed by atoms with Crippen molar-refractivity contribution >= 4 is 15.9 Å². The Balaban J connectivity index is 2.53. The molecular weight excluding hydrogens is 309 g/mol. The summed E-state index contributed by atoms with van der Waals surface area (Å²) in [5.41, 5.74) is 1.81. The molecule has 100 valence electrons. The van der Waals surface area contributed by atoms with Crippen molar-refractivity contribution < 1.29 is 9.13 Å². The number of rotatable bonds is 4. The topological polar surface area (TPSA) is 21.3 Å². The van der Waals surface area contributed by atoms with Crippen LogP contribution in [0.3, 0.4) is 0 Å². The third-order valence-corrected chi connectivity index (χ3v) is 3.87. The zero-order valence-electron chi connectivity index (χ0n) is 10.8. The van der Waals surface area contributed by atoms with Crippen LogP contribution in [0, 0.1) is 5.82 Å². The van der Waals surface area contributed by atoms with E-state index < -0.39 is 0 Å². The van der Waals surface area contributed by atoms with E-state index >= 15 is 0 Å². The smallest absolute Gasteiger partial charge is 0.137 e. The van der Waals surface area contributed by atoms with Gasteiger partial charge in [-0.3, -0.25) is 0 Å². The number of para-hydroxylation sites is 1. The lowest BCUT2D eigenvalue weighted by Crippen LogP contribution is -2.19. The lowest BCUT2D eigenvalue weighted by atomic mass is 9.98. The van der Waals surface area contributed by atoms with E-state index in [1.54, 1.807) is 13.2 Å². The molecule has 0 aliphatic heterocycles. The Morgan fingerprint density at radius 1 is 1.11 bits per heavy atom. The van der Waals surface area contributed by atoms with Gasteiger partial charge in [-0.2, -0.15) is 0 Å². The molecule has 2 rings (SSSR count). The van der Waals surface area contributed by atoms with Crippen molar-refractivity contribution in [2.75, 3.05) is 14.2 Å². The van der Waals surface area contributed by atoms with Crippen LogP contribution < -0.4 is 10.1 Å². The molecule has 19 heavy (non-hydrogen) atoms. The maximum absolute atomic E-state index is 13.7. The Hall–Kier alpha value is -1.39. The first-order valence-corrected chi connectivity index (χ1v) is 6.72. The van der Waals surface area contributed by atoms with E-state index in [-0.39, 0.29) is 11.9 Å². The van der Waals surface area contributed by atoms with Crippen molar-refractivity contribution in [3.05, 3.63) is 63.9 Å². The standard InChI is InChI=1S/C15H15BrFNO/c1-18-15(10-6-3-4-9-13(10)19-2)11-7-5-8-12(17)14(11)16/h3-9,15,18H,1-2H3. The van der Waals surface area contributed by atoms with Crippen LogP contribution in [-0.4, -0.2) is 14.2 Å². The highest BCUT2D eigenvalue weighted by molar-refractivity contribution is 9.10. The highest BCUT2D eigenvalue weighted by Crippen LogP contribution is 2.34. The number of nitrogens with one attached hydrogen (secondary N) is 1. The first-order valence-electron chi connectivity index (χ1n) is 5.93. The van der Waals surface area contributed by atoms with Crippen LogP contribution in [0.2, 0.25) is 0 Å². The molecule has 0 aliphatic rings. The first-order chi connectivity index (χ1) is 9.19. The average Bonchev–Trinajstić information content (AvgIpc) is 2.45. The van der Waals surface area contributed by atoms with Gasteiger partial charge in [0.25, 0.3) is 0 Å². The van der Waals surface area contributed by atoms with E-state index in [1.165, 1.54) is 6.07 Å². The molecule has 0 fully saturated rings. The van der Waals surface area contributed by atoms with Gasteiger partial charge in [-0.25, -0.2) is 4.39 Å². The summed E-state index contributed by atoms with van der Waals surface area (Å²) < 4.78 is 19.5. The number of halogens is 2. The quantitative estimate of drug-likeness (QED) is 0.921. The van der Waals surface area contributed by atoms with Crippen LogP contribution in [0.15, 0.2) is 46.9 Å². The van der Waals surface area contributed by atoms with Gasteiger partial charge in [0.2, 0.25) is 0 Å². The summed E-state index contributed by atoms with van der Waals surface area (Å²) in [5.74, 6) is 0.505. The van der Waals surface area contributed by atoms with Gasteiger partial charge in [0.1, 0.15) is 11.6 Å². The average molecular weight is 324 g/mol. The molecule has 0 saturated heterocycles. The second kappa shape index (κ2) is 6.17. The molecule has 0 spiro atoms. The van der Waals surface area contributed by atoms with Crippen molar-refractivity contribution in [1.29, 1.82) is 0 Å². The first kappa shape index (κ1) is 14.0. The van der Waals surface area contributed by atoms with Crippen molar-refractivity contribution in [1.82, 2.24) is 5.32 Å². The second-order valence-electron chi connectivity index (χ2n) is 4.11. The SMILES string of the molecule is CNC(c1ccccc1OC)c1cccc(F)c1Br. The van der Waals surface area contributed by atoms with Gasteiger partial charge < -0.3 is 10.1 Å². The third kappa shape index (κ3) is 2.80. The summed E-state index contributed by atoms with van der Waals surface area (Å²) in [5, 5.41) is 3.20. The molecule has 0 aromatic heterocycles. The van der Waals surface area contributed by atoms with Crippen LogP contribution in [0.5, 0.6) is 5.75 Å². The number of methoxy groups -OCH3 is 1. The minimum Gasteiger partial charge on any atom is -0.496 e. The van der Waals surface area contributed by atoms with Crippen molar-refractivity contribution in [2.45, 2.75) is 6.04 Å². The van der Waals surface area contributed by atoms with E-state index in [9.17, 15) is 4.39 Å². The fourth-order valence-electron chi connectivity index (χ4n) is 2.13. The molecule has 2 aromatic carbocycles. The molecule has 0 radical (unpaired) electrons. The Morgan fingerprint density at radius 3 is 2.47 bits per heavy atom. The van der Waals surface area contributed by atoms with Crippen LogP contribution in [0.25, 0.3) is 0 Å². The van der Waals surface area contributed by atoms with Gasteiger partial charge in [-0.05, 0) is 40.7 Å². The number of hydrogen-bond acceptors (Lipinski definition) is 2. The van der Waals surface area contributed by atoms with Crippen molar-refractivity contribution in [3.8, 4) is 5.75 Å². The summed E-state index contributed by atoms with van der Waals surface area (Å²) >= 11 is 3.31. The monoisotopic (exact) mass is 323 g/mol. The summed E-state index contributed by atoms with van der Waals surface area (Å²) in [4.78, 5) is 0. The van der Waals surface area contributed by atoms with E-state index in [1.807, 2.05) is 37.4 Å². The summed E-state index contributed by atoms with van der Waals surface area (Å²) in [6.45, 7) is 0. The van der Waals surface area contributed by atoms with Gasteiger partial charge in [-0.15, -0.1) is 0 Å². The maximum Gasteiger partial charge on any atom is 0.137 e. The minimum atomic E-state index is -0.271. The summed E-state index contributed by atoms with van der Waals surface area (Å²) in [7, 11) is 3.47. The van der Waals surface area contributed by atoms with Gasteiger partial charge in [0, 0.05) is 5.56 Å². The molecular formula is C15H15BrFNO. The van der Waals surface area contributed by atoms with Crippen LogP contribution in [-0.2, 0) is 0 Å². The molecule has 2 nitrogen and oxygen atoms in total. The molecule has 0 heterocycles. The molecule has 0 amide bonds. The Kier molecular flexibility index (Phi) is 4.56. The molecule has 4 heteroatoms. The summed E-state index contributed by atoms with van der Waals surface area (Å²) in [6, 6.07) is 12.6. The number of benzene rings is 2. The predicted molar refractivity (Wildman–Crippen MR) is 78.0 cm³/mol. The van der Waals surface area contributed by atoms with E-state index in [2.05, 4.69) is 21.2 Å². The van der Waals surface area contributed by atoms with E-state index in [0.717, 1.165) is 16.9 Å². The van der Waals surface area contributed by atoms with Gasteiger partial charge >= 0.3 is 0 Å². The lowest BCUT2D eigenvalue weighted by molar-refractivity contribution is 0.405. The molecule has 1 atom stereocenters. The number of hydrogen-bond donors (Lipinski definition) is 1. The minimum absolute atomic E-state index is 0.138. The van der Waals surface area contributed by atoms with Gasteiger partial charge in [0.15, 0.2) is 0 Å². The molecule has 0 saturated carbocycles. The lowest BCUT2D eigenvalue weighted by Gasteiger charge is -2.21. The maximum atomic E-state index is 13.7. The van der Waals surface area contributed by atoms with Crippen LogP contribution in [0.1, 0.15) is 17.2 Å².